The van der Waals surface area contributed by atoms with Crippen molar-refractivity contribution in [3.8, 4) is 0 Å². The van der Waals surface area contributed by atoms with E-state index in [9.17, 15) is 4.79 Å². The molecule has 1 aromatic rings. The molecule has 0 spiro atoms. The number of amides is 1. The summed E-state index contributed by atoms with van der Waals surface area (Å²) in [6.07, 6.45) is 4.49. The Morgan fingerprint density at radius 1 is 1.60 bits per heavy atom. The van der Waals surface area contributed by atoms with Gasteiger partial charge in [-0.3, -0.25) is 4.79 Å². The Balaban J connectivity index is 2.65. The largest absolute Gasteiger partial charge is 0.352 e. The van der Waals surface area contributed by atoms with Crippen LogP contribution < -0.4 is 5.32 Å². The van der Waals surface area contributed by atoms with Crippen molar-refractivity contribution in [2.24, 2.45) is 0 Å². The van der Waals surface area contributed by atoms with Gasteiger partial charge < -0.3 is 9.88 Å². The van der Waals surface area contributed by atoms with Crippen LogP contribution in [0.1, 0.15) is 39.1 Å². The van der Waals surface area contributed by atoms with Gasteiger partial charge in [0.15, 0.2) is 0 Å². The van der Waals surface area contributed by atoms with Crippen molar-refractivity contribution in [1.82, 2.24) is 14.9 Å². The Bertz CT molecular complexity index is 332. The smallest absolute Gasteiger partial charge is 0.243 e. The lowest BCUT2D eigenvalue weighted by Crippen LogP contribution is -2.37. The highest BCUT2D eigenvalue weighted by Gasteiger charge is 2.16. The maximum atomic E-state index is 11.8. The second-order valence-electron chi connectivity index (χ2n) is 3.88. The van der Waals surface area contributed by atoms with Crippen LogP contribution in [0.25, 0.3) is 0 Å². The van der Waals surface area contributed by atoms with Crippen LogP contribution in [-0.2, 0) is 4.79 Å². The van der Waals surface area contributed by atoms with Gasteiger partial charge in [-0.15, -0.1) is 0 Å². The highest BCUT2D eigenvalue weighted by atomic mass is 16.2. The number of carbonyl (C=O) groups is 1. The van der Waals surface area contributed by atoms with E-state index < -0.39 is 0 Å². The fourth-order valence-electron chi connectivity index (χ4n) is 1.39. The molecule has 0 aliphatic heterocycles. The fourth-order valence-corrected chi connectivity index (χ4v) is 1.39. The molecule has 1 aromatic heterocycles. The summed E-state index contributed by atoms with van der Waals surface area (Å²) in [4.78, 5) is 15.9. The highest BCUT2D eigenvalue weighted by Crippen LogP contribution is 2.08. The zero-order valence-electron chi connectivity index (χ0n) is 9.82. The second-order valence-corrected chi connectivity index (χ2v) is 3.88. The van der Waals surface area contributed by atoms with E-state index in [0.29, 0.717) is 0 Å². The summed E-state index contributed by atoms with van der Waals surface area (Å²) in [5.41, 5.74) is 0. The lowest BCUT2D eigenvalue weighted by molar-refractivity contribution is -0.124. The van der Waals surface area contributed by atoms with Crippen molar-refractivity contribution in [3.05, 3.63) is 18.2 Å². The van der Waals surface area contributed by atoms with Crippen LogP contribution in [0, 0.1) is 6.92 Å². The number of nitrogens with zero attached hydrogens (tertiary/aromatic N) is 2. The molecular formula is C11H19N3O. The van der Waals surface area contributed by atoms with Gasteiger partial charge in [0.05, 0.1) is 0 Å². The maximum absolute atomic E-state index is 11.8. The molecule has 84 valence electrons. The van der Waals surface area contributed by atoms with E-state index in [1.807, 2.05) is 31.5 Å². The number of aromatic nitrogens is 2. The van der Waals surface area contributed by atoms with Gasteiger partial charge in [-0.25, -0.2) is 4.98 Å². The second kappa shape index (κ2) is 4.96. The number of carbonyl (C=O) groups excluding carboxylic acids is 1. The van der Waals surface area contributed by atoms with E-state index in [0.717, 1.165) is 12.2 Å². The minimum absolute atomic E-state index is 0.0467. The zero-order valence-corrected chi connectivity index (χ0v) is 9.82. The molecule has 0 aliphatic carbocycles. The average Bonchev–Trinajstić information content (AvgIpc) is 2.63. The molecule has 15 heavy (non-hydrogen) atoms. The van der Waals surface area contributed by atoms with Gasteiger partial charge in [-0.05, 0) is 27.2 Å². The zero-order chi connectivity index (χ0) is 11.4. The van der Waals surface area contributed by atoms with Gasteiger partial charge in [0.25, 0.3) is 0 Å². The normalized spacial score (nSPS) is 14.7. The van der Waals surface area contributed by atoms with Crippen LogP contribution in [-0.4, -0.2) is 21.5 Å². The molecule has 0 radical (unpaired) electrons. The topological polar surface area (TPSA) is 46.9 Å². The Kier molecular flexibility index (Phi) is 3.88. The van der Waals surface area contributed by atoms with Crippen molar-refractivity contribution in [2.75, 3.05) is 0 Å². The number of hydrogen-bond donors (Lipinski definition) is 1. The number of rotatable bonds is 4. The van der Waals surface area contributed by atoms with E-state index >= 15 is 0 Å². The monoisotopic (exact) mass is 209 g/mol. The molecule has 1 N–H and O–H groups in total. The first-order chi connectivity index (χ1) is 7.06. The molecule has 0 aliphatic rings. The summed E-state index contributed by atoms with van der Waals surface area (Å²) in [5, 5.41) is 2.96. The quantitative estimate of drug-likeness (QED) is 0.820. The number of hydrogen-bond acceptors (Lipinski definition) is 2. The molecular weight excluding hydrogens is 190 g/mol. The van der Waals surface area contributed by atoms with Gasteiger partial charge in [0.1, 0.15) is 11.9 Å². The minimum Gasteiger partial charge on any atom is -0.352 e. The molecule has 2 unspecified atom stereocenters. The molecule has 0 aromatic carbocycles. The van der Waals surface area contributed by atoms with Crippen molar-refractivity contribution < 1.29 is 4.79 Å². The van der Waals surface area contributed by atoms with Gasteiger partial charge in [0, 0.05) is 18.4 Å². The van der Waals surface area contributed by atoms with Crippen LogP contribution in [0.5, 0.6) is 0 Å². The van der Waals surface area contributed by atoms with Gasteiger partial charge in [0.2, 0.25) is 5.91 Å². The van der Waals surface area contributed by atoms with Gasteiger partial charge in [-0.2, -0.15) is 0 Å². The van der Waals surface area contributed by atoms with Crippen molar-refractivity contribution in [2.45, 2.75) is 46.2 Å². The molecule has 2 atom stereocenters. The lowest BCUT2D eigenvalue weighted by Gasteiger charge is -2.18. The Morgan fingerprint density at radius 3 is 2.73 bits per heavy atom. The van der Waals surface area contributed by atoms with E-state index in [-0.39, 0.29) is 18.0 Å². The van der Waals surface area contributed by atoms with Crippen molar-refractivity contribution >= 4 is 5.91 Å². The first-order valence-corrected chi connectivity index (χ1v) is 5.36. The third-order valence-corrected chi connectivity index (χ3v) is 2.66. The molecule has 4 nitrogen and oxygen atoms in total. The summed E-state index contributed by atoms with van der Waals surface area (Å²) < 4.78 is 1.87. The van der Waals surface area contributed by atoms with Crippen molar-refractivity contribution in [1.29, 1.82) is 0 Å². The average molecular weight is 209 g/mol. The van der Waals surface area contributed by atoms with Crippen LogP contribution in [0.2, 0.25) is 0 Å². The predicted octanol–water partition coefficient (Wildman–Crippen LogP) is 1.67. The van der Waals surface area contributed by atoms with E-state index in [1.165, 1.54) is 0 Å². The standard InChI is InChI=1S/C11H19N3O/c1-5-8(2)13-11(15)9(3)14-7-6-12-10(14)4/h6-9H,5H2,1-4H3,(H,13,15). The maximum Gasteiger partial charge on any atom is 0.243 e. The van der Waals surface area contributed by atoms with E-state index in [1.54, 1.807) is 6.20 Å². The van der Waals surface area contributed by atoms with Crippen LogP contribution in [0.15, 0.2) is 12.4 Å². The van der Waals surface area contributed by atoms with Gasteiger partial charge >= 0.3 is 0 Å². The minimum atomic E-state index is -0.193. The highest BCUT2D eigenvalue weighted by molar-refractivity contribution is 5.80. The summed E-state index contributed by atoms with van der Waals surface area (Å²) in [6, 6.07) is 0.0327. The van der Waals surface area contributed by atoms with Crippen LogP contribution >= 0.6 is 0 Å². The Hall–Kier alpha value is -1.32. The molecule has 0 saturated heterocycles. The SMILES string of the molecule is CCC(C)NC(=O)C(C)n1ccnc1C. The summed E-state index contributed by atoms with van der Waals surface area (Å²) in [7, 11) is 0. The molecule has 0 saturated carbocycles. The molecule has 1 heterocycles. The molecule has 0 fully saturated rings. The summed E-state index contributed by atoms with van der Waals surface area (Å²) in [6.45, 7) is 7.84. The molecule has 1 rings (SSSR count). The van der Waals surface area contributed by atoms with Gasteiger partial charge in [-0.1, -0.05) is 6.92 Å². The van der Waals surface area contributed by atoms with E-state index in [4.69, 9.17) is 0 Å². The van der Waals surface area contributed by atoms with Crippen LogP contribution in [0.4, 0.5) is 0 Å². The number of nitrogens with one attached hydrogen (secondary N) is 1. The third kappa shape index (κ3) is 2.81. The summed E-state index contributed by atoms with van der Waals surface area (Å²) in [5.74, 6) is 0.909. The first kappa shape index (κ1) is 11.8. The fraction of sp³-hybridized carbons (Fsp3) is 0.636. The number of aryl methyl sites for hydroxylation is 1. The lowest BCUT2D eigenvalue weighted by atomic mass is 10.2. The molecule has 1 amide bonds. The Morgan fingerprint density at radius 2 is 2.27 bits per heavy atom. The van der Waals surface area contributed by atoms with E-state index in [2.05, 4.69) is 17.2 Å². The third-order valence-electron chi connectivity index (χ3n) is 2.66. The summed E-state index contributed by atoms with van der Waals surface area (Å²) >= 11 is 0. The molecule has 0 bridgehead atoms. The van der Waals surface area contributed by atoms with Crippen LogP contribution in [0.3, 0.4) is 0 Å². The Labute approximate surface area is 90.7 Å². The first-order valence-electron chi connectivity index (χ1n) is 5.36. The predicted molar refractivity (Wildman–Crippen MR) is 59.6 cm³/mol. The van der Waals surface area contributed by atoms with Crippen molar-refractivity contribution in [3.63, 3.8) is 0 Å². The number of imidazole rings is 1. The molecule has 4 heteroatoms.